The van der Waals surface area contributed by atoms with Crippen LogP contribution < -0.4 is 10.1 Å². The number of rotatable bonds is 7. The van der Waals surface area contributed by atoms with Crippen molar-refractivity contribution in [1.29, 1.82) is 0 Å². The number of carbonyl (C=O) groups excluding carboxylic acids is 1. The number of ether oxygens (including phenoxy) is 1. The first-order chi connectivity index (χ1) is 16.7. The molecule has 4 rings (SSSR count). The molecule has 1 aromatic heterocycles. The highest BCUT2D eigenvalue weighted by molar-refractivity contribution is 6.31. The van der Waals surface area contributed by atoms with Crippen molar-refractivity contribution in [1.82, 2.24) is 9.78 Å². The van der Waals surface area contributed by atoms with E-state index >= 15 is 0 Å². The second-order valence-corrected chi connectivity index (χ2v) is 9.06. The molecule has 0 saturated carbocycles. The smallest absolute Gasteiger partial charge is 0.255 e. The lowest BCUT2D eigenvalue weighted by Crippen LogP contribution is -2.14. The normalized spacial score (nSPS) is 10.9. The maximum absolute atomic E-state index is 13.4. The summed E-state index contributed by atoms with van der Waals surface area (Å²) in [5.41, 5.74) is 6.53. The van der Waals surface area contributed by atoms with Gasteiger partial charge in [0.2, 0.25) is 0 Å². The number of aromatic nitrogens is 2. The molecule has 0 unspecified atom stereocenters. The zero-order valence-electron chi connectivity index (χ0n) is 20.2. The molecule has 180 valence electrons. The van der Waals surface area contributed by atoms with Crippen molar-refractivity contribution in [3.05, 3.63) is 111 Å². The van der Waals surface area contributed by atoms with Gasteiger partial charge in [0, 0.05) is 10.6 Å². The molecular weight excluding hydrogens is 465 g/mol. The molecular formula is C28H27ClFN3O2. The van der Waals surface area contributed by atoms with Gasteiger partial charge in [-0.1, -0.05) is 47.5 Å². The number of halogens is 2. The summed E-state index contributed by atoms with van der Waals surface area (Å²) in [5, 5.41) is 7.86. The van der Waals surface area contributed by atoms with Crippen molar-refractivity contribution in [3.63, 3.8) is 0 Å². The summed E-state index contributed by atoms with van der Waals surface area (Å²) in [6, 6.07) is 17.7. The summed E-state index contributed by atoms with van der Waals surface area (Å²) in [5.74, 6) is 0.205. The molecule has 7 heteroatoms. The van der Waals surface area contributed by atoms with E-state index in [0.717, 1.165) is 28.1 Å². The van der Waals surface area contributed by atoms with Gasteiger partial charge in [0.05, 0.1) is 23.6 Å². The van der Waals surface area contributed by atoms with Gasteiger partial charge in [0.15, 0.2) is 0 Å². The fourth-order valence-corrected chi connectivity index (χ4v) is 4.18. The van der Waals surface area contributed by atoms with Crippen LogP contribution in [0, 0.1) is 33.5 Å². The zero-order valence-corrected chi connectivity index (χ0v) is 20.9. The van der Waals surface area contributed by atoms with Gasteiger partial charge in [0.1, 0.15) is 18.2 Å². The molecule has 0 saturated heterocycles. The van der Waals surface area contributed by atoms with Gasteiger partial charge in [-0.15, -0.1) is 0 Å². The quantitative estimate of drug-likeness (QED) is 0.309. The molecule has 0 bridgehead atoms. The zero-order chi connectivity index (χ0) is 25.1. The maximum atomic E-state index is 13.4. The average Bonchev–Trinajstić information content (AvgIpc) is 3.08. The number of nitrogens with one attached hydrogen (secondary N) is 1. The third-order valence-corrected chi connectivity index (χ3v) is 6.22. The Bertz CT molecular complexity index is 1400. The molecule has 4 aromatic rings. The lowest BCUT2D eigenvalue weighted by molar-refractivity contribution is 0.102. The van der Waals surface area contributed by atoms with Gasteiger partial charge >= 0.3 is 0 Å². The minimum Gasteiger partial charge on any atom is -0.489 e. The van der Waals surface area contributed by atoms with E-state index in [9.17, 15) is 9.18 Å². The van der Waals surface area contributed by atoms with Crippen molar-refractivity contribution in [3.8, 4) is 5.75 Å². The maximum Gasteiger partial charge on any atom is 0.255 e. The fraction of sp³-hybridized carbons (Fsp3) is 0.214. The molecule has 0 aliphatic carbocycles. The first kappa shape index (κ1) is 24.5. The summed E-state index contributed by atoms with van der Waals surface area (Å²) >= 11 is 6.18. The van der Waals surface area contributed by atoms with E-state index in [1.807, 2.05) is 58.0 Å². The van der Waals surface area contributed by atoms with Gasteiger partial charge in [-0.05, 0) is 74.7 Å². The Balaban J connectivity index is 1.47. The Morgan fingerprint density at radius 3 is 2.60 bits per heavy atom. The van der Waals surface area contributed by atoms with Gasteiger partial charge in [-0.25, -0.2) is 4.39 Å². The second-order valence-electron chi connectivity index (χ2n) is 8.65. The highest BCUT2D eigenvalue weighted by atomic mass is 35.5. The number of nitrogens with zero attached hydrogens (tertiary/aromatic N) is 2. The Kier molecular flexibility index (Phi) is 7.22. The number of hydrogen-bond donors (Lipinski definition) is 1. The minimum absolute atomic E-state index is 0.232. The molecule has 3 aromatic carbocycles. The van der Waals surface area contributed by atoms with E-state index in [1.54, 1.807) is 16.8 Å². The van der Waals surface area contributed by atoms with Gasteiger partial charge in [0.25, 0.3) is 5.91 Å². The van der Waals surface area contributed by atoms with E-state index in [-0.39, 0.29) is 11.7 Å². The van der Waals surface area contributed by atoms with Gasteiger partial charge in [-0.2, -0.15) is 5.10 Å². The molecule has 5 nitrogen and oxygen atoms in total. The van der Waals surface area contributed by atoms with E-state index < -0.39 is 0 Å². The number of hydrogen-bond acceptors (Lipinski definition) is 3. The Morgan fingerprint density at radius 2 is 1.86 bits per heavy atom. The summed E-state index contributed by atoms with van der Waals surface area (Å²) in [6.45, 7) is 8.50. The first-order valence-electron chi connectivity index (χ1n) is 11.3. The van der Waals surface area contributed by atoms with E-state index in [0.29, 0.717) is 35.1 Å². The van der Waals surface area contributed by atoms with Crippen molar-refractivity contribution in [2.24, 2.45) is 0 Å². The average molecular weight is 492 g/mol. The first-order valence-corrected chi connectivity index (χ1v) is 11.7. The van der Waals surface area contributed by atoms with E-state index in [4.69, 9.17) is 16.3 Å². The fourth-order valence-electron chi connectivity index (χ4n) is 3.95. The second kappa shape index (κ2) is 10.3. The van der Waals surface area contributed by atoms with Gasteiger partial charge in [-0.3, -0.25) is 9.48 Å². The summed E-state index contributed by atoms with van der Waals surface area (Å²) < 4.78 is 21.1. The highest BCUT2D eigenvalue weighted by Crippen LogP contribution is 2.25. The molecule has 35 heavy (non-hydrogen) atoms. The Labute approximate surface area is 209 Å². The van der Waals surface area contributed by atoms with Gasteiger partial charge < -0.3 is 10.1 Å². The number of carbonyl (C=O) groups is 1. The predicted molar refractivity (Wildman–Crippen MR) is 137 cm³/mol. The van der Waals surface area contributed by atoms with Crippen molar-refractivity contribution in [2.75, 3.05) is 5.32 Å². The molecule has 0 aliphatic heterocycles. The largest absolute Gasteiger partial charge is 0.489 e. The van der Waals surface area contributed by atoms with Crippen LogP contribution in [0.3, 0.4) is 0 Å². The molecule has 0 aliphatic rings. The molecule has 1 amide bonds. The lowest BCUT2D eigenvalue weighted by Gasteiger charge is -2.11. The Hall–Kier alpha value is -3.64. The van der Waals surface area contributed by atoms with Crippen molar-refractivity contribution in [2.45, 2.75) is 40.8 Å². The number of amides is 1. The van der Waals surface area contributed by atoms with Crippen LogP contribution in [0.2, 0.25) is 5.02 Å². The van der Waals surface area contributed by atoms with Crippen LogP contribution in [0.25, 0.3) is 0 Å². The SMILES string of the molecule is Cc1ccc(OCc2cccc(C(=O)Nc3c(C)nn(Cc4ccc(F)cc4Cl)c3C)c2)c(C)c1. The number of aryl methyl sites for hydroxylation is 3. The summed E-state index contributed by atoms with van der Waals surface area (Å²) in [7, 11) is 0. The number of anilines is 1. The van der Waals surface area contributed by atoms with Crippen LogP contribution in [0.1, 0.15) is 44.0 Å². The molecule has 0 fully saturated rings. The summed E-state index contributed by atoms with van der Waals surface area (Å²) in [6.07, 6.45) is 0. The van der Waals surface area contributed by atoms with Crippen LogP contribution in [0.4, 0.5) is 10.1 Å². The van der Waals surface area contributed by atoms with Crippen LogP contribution in [-0.4, -0.2) is 15.7 Å². The molecule has 0 atom stereocenters. The summed E-state index contributed by atoms with van der Waals surface area (Å²) in [4.78, 5) is 13.0. The predicted octanol–water partition coefficient (Wildman–Crippen LogP) is 6.79. The minimum atomic E-state index is -0.387. The van der Waals surface area contributed by atoms with E-state index in [1.165, 1.54) is 17.7 Å². The Morgan fingerprint density at radius 1 is 1.06 bits per heavy atom. The van der Waals surface area contributed by atoms with E-state index in [2.05, 4.69) is 16.5 Å². The third kappa shape index (κ3) is 5.72. The lowest BCUT2D eigenvalue weighted by atomic mass is 10.1. The van der Waals surface area contributed by atoms with Crippen LogP contribution in [0.5, 0.6) is 5.75 Å². The molecule has 0 radical (unpaired) electrons. The molecule has 1 N–H and O–H groups in total. The van der Waals surface area contributed by atoms with Crippen molar-refractivity contribution >= 4 is 23.2 Å². The topological polar surface area (TPSA) is 56.1 Å². The van der Waals surface area contributed by atoms with Crippen LogP contribution in [-0.2, 0) is 13.2 Å². The monoisotopic (exact) mass is 491 g/mol. The van der Waals surface area contributed by atoms with Crippen molar-refractivity contribution < 1.29 is 13.9 Å². The van der Waals surface area contributed by atoms with Crippen LogP contribution in [0.15, 0.2) is 60.7 Å². The third-order valence-electron chi connectivity index (χ3n) is 5.87. The molecule has 1 heterocycles. The molecule has 0 spiro atoms. The highest BCUT2D eigenvalue weighted by Gasteiger charge is 2.17. The standard InChI is InChI=1S/C28H27ClFN3O2/c1-17-8-11-26(18(2)12-17)35-16-21-6-5-7-22(13-21)28(34)31-27-19(3)32-33(20(27)4)15-23-9-10-24(30)14-25(23)29/h5-14H,15-16H2,1-4H3,(H,31,34). The number of benzene rings is 3. The van der Waals surface area contributed by atoms with Crippen LogP contribution >= 0.6 is 11.6 Å².